The summed E-state index contributed by atoms with van der Waals surface area (Å²) in [6.45, 7) is 1.28. The van der Waals surface area contributed by atoms with Gasteiger partial charge in [-0.3, -0.25) is 14.5 Å². The third-order valence-electron chi connectivity index (χ3n) is 8.87. The van der Waals surface area contributed by atoms with Gasteiger partial charge in [-0.05, 0) is 73.7 Å². The molecule has 0 saturated carbocycles. The number of carbonyl (C=O) groups excluding carboxylic acids is 1. The number of sulfonamides is 1. The van der Waals surface area contributed by atoms with Crippen molar-refractivity contribution in [3.05, 3.63) is 88.9 Å². The number of nitrogens with zero attached hydrogens (tertiary/aromatic N) is 2. The number of carbonyl (C=O) groups is 1. The fourth-order valence-electron chi connectivity index (χ4n) is 6.45. The number of furan rings is 1. The van der Waals surface area contributed by atoms with Crippen molar-refractivity contribution in [2.75, 3.05) is 36.7 Å². The zero-order valence-electron chi connectivity index (χ0n) is 24.3. The maximum atomic E-state index is 14.0. The van der Waals surface area contributed by atoms with E-state index in [0.717, 1.165) is 16.7 Å². The molecular formula is C31H35N5O6S2. The first-order valence-corrected chi connectivity index (χ1v) is 17.7. The smallest absolute Gasteiger partial charge is 0.289 e. The SMILES string of the molecule is CNNC1CC(S(=O)(=O)N2CC3(CCN(C(=O)c4ccc(C#Cc5ccccc5)o4)CC3)c3cc(CN)ccc32)CS1(=O)=O. The first kappa shape index (κ1) is 30.4. The van der Waals surface area contributed by atoms with Crippen molar-refractivity contribution in [3.63, 3.8) is 0 Å². The summed E-state index contributed by atoms with van der Waals surface area (Å²) in [5.41, 5.74) is 13.9. The molecule has 44 heavy (non-hydrogen) atoms. The van der Waals surface area contributed by atoms with Crippen LogP contribution in [0.2, 0.25) is 0 Å². The Kier molecular flexibility index (Phi) is 8.06. The molecule has 3 aliphatic heterocycles. The van der Waals surface area contributed by atoms with Crippen LogP contribution in [0.3, 0.4) is 0 Å². The van der Waals surface area contributed by atoms with E-state index in [1.165, 1.54) is 4.31 Å². The van der Waals surface area contributed by atoms with Crippen molar-refractivity contribution in [3.8, 4) is 11.8 Å². The fraction of sp³-hybridized carbons (Fsp3) is 0.387. The molecule has 1 amide bonds. The summed E-state index contributed by atoms with van der Waals surface area (Å²) in [6.07, 6.45) is 1.01. The Bertz CT molecular complexity index is 1840. The quantitative estimate of drug-likeness (QED) is 0.271. The Morgan fingerprint density at radius 3 is 2.55 bits per heavy atom. The zero-order valence-corrected chi connectivity index (χ0v) is 26.0. The van der Waals surface area contributed by atoms with Crippen molar-refractivity contribution >= 4 is 31.5 Å². The van der Waals surface area contributed by atoms with E-state index in [1.54, 1.807) is 30.1 Å². The molecular weight excluding hydrogens is 603 g/mol. The normalized spacial score (nSPS) is 22.0. The van der Waals surface area contributed by atoms with Gasteiger partial charge in [-0.25, -0.2) is 22.3 Å². The molecule has 6 rings (SSSR count). The molecule has 3 aliphatic rings. The van der Waals surface area contributed by atoms with Crippen molar-refractivity contribution in [2.24, 2.45) is 5.73 Å². The highest BCUT2D eigenvalue weighted by Crippen LogP contribution is 2.49. The number of fused-ring (bicyclic) bond motifs is 2. The first-order valence-electron chi connectivity index (χ1n) is 14.5. The van der Waals surface area contributed by atoms with Gasteiger partial charge in [0.05, 0.1) is 16.7 Å². The molecule has 0 bridgehead atoms. The largest absolute Gasteiger partial charge is 0.443 e. The van der Waals surface area contributed by atoms with E-state index < -0.39 is 41.7 Å². The second kappa shape index (κ2) is 11.7. The van der Waals surface area contributed by atoms with E-state index in [4.69, 9.17) is 10.2 Å². The van der Waals surface area contributed by atoms with Gasteiger partial charge >= 0.3 is 0 Å². The van der Waals surface area contributed by atoms with Gasteiger partial charge in [0, 0.05) is 37.2 Å². The lowest BCUT2D eigenvalue weighted by Crippen LogP contribution is -2.49. The Morgan fingerprint density at radius 2 is 1.84 bits per heavy atom. The first-order chi connectivity index (χ1) is 21.1. The number of piperidine rings is 1. The van der Waals surface area contributed by atoms with E-state index >= 15 is 0 Å². The fourth-order valence-corrected chi connectivity index (χ4v) is 11.2. The van der Waals surface area contributed by atoms with Crippen molar-refractivity contribution in [1.29, 1.82) is 0 Å². The third kappa shape index (κ3) is 5.52. The molecule has 2 fully saturated rings. The van der Waals surface area contributed by atoms with E-state index in [1.807, 2.05) is 42.5 Å². The van der Waals surface area contributed by atoms with Crippen LogP contribution in [0.1, 0.15) is 52.3 Å². The van der Waals surface area contributed by atoms with E-state index in [9.17, 15) is 21.6 Å². The minimum atomic E-state index is -4.02. The molecule has 4 N–H and O–H groups in total. The summed E-state index contributed by atoms with van der Waals surface area (Å²) in [5.74, 6) is 5.88. The molecule has 4 heterocycles. The second-order valence-corrected chi connectivity index (χ2v) is 15.9. The van der Waals surface area contributed by atoms with Crippen molar-refractivity contribution in [2.45, 2.75) is 41.8 Å². The van der Waals surface area contributed by atoms with E-state index in [0.29, 0.717) is 43.9 Å². The van der Waals surface area contributed by atoms with Gasteiger partial charge in [-0.2, -0.15) is 0 Å². The number of hydrogen-bond donors (Lipinski definition) is 3. The summed E-state index contributed by atoms with van der Waals surface area (Å²) in [7, 11) is -6.12. The molecule has 2 atom stereocenters. The number of nitrogens with one attached hydrogen (secondary N) is 2. The number of hydrogen-bond acceptors (Lipinski definition) is 9. The number of sulfone groups is 1. The second-order valence-electron chi connectivity index (χ2n) is 11.5. The highest BCUT2D eigenvalue weighted by molar-refractivity contribution is 7.97. The predicted molar refractivity (Wildman–Crippen MR) is 167 cm³/mol. The summed E-state index contributed by atoms with van der Waals surface area (Å²) >= 11 is 0. The van der Waals surface area contributed by atoms with Gasteiger partial charge in [0.1, 0.15) is 5.37 Å². The maximum absolute atomic E-state index is 14.0. The molecule has 232 valence electrons. The van der Waals surface area contributed by atoms with Crippen LogP contribution in [0.4, 0.5) is 5.69 Å². The molecule has 13 heteroatoms. The van der Waals surface area contributed by atoms with Gasteiger partial charge in [-0.1, -0.05) is 36.3 Å². The molecule has 1 spiro atoms. The minimum absolute atomic E-state index is 0.0473. The number of benzene rings is 2. The highest BCUT2D eigenvalue weighted by atomic mass is 32.2. The number of anilines is 1. The molecule has 0 radical (unpaired) electrons. The van der Waals surface area contributed by atoms with Gasteiger partial charge < -0.3 is 15.1 Å². The number of nitrogens with two attached hydrogens (primary N) is 1. The average Bonchev–Trinajstić information content (AvgIpc) is 3.72. The Labute approximate surface area is 257 Å². The zero-order chi connectivity index (χ0) is 31.1. The van der Waals surface area contributed by atoms with Crippen molar-refractivity contribution in [1.82, 2.24) is 15.8 Å². The molecule has 3 aromatic rings. The Balaban J connectivity index is 1.21. The van der Waals surface area contributed by atoms with Crippen LogP contribution >= 0.6 is 0 Å². The Hall–Kier alpha value is -3.67. The van der Waals surface area contributed by atoms with Crippen LogP contribution in [0.5, 0.6) is 0 Å². The van der Waals surface area contributed by atoms with E-state index in [-0.39, 0.29) is 24.6 Å². The van der Waals surface area contributed by atoms with Crippen LogP contribution in [0.25, 0.3) is 0 Å². The summed E-state index contributed by atoms with van der Waals surface area (Å²) < 4.78 is 60.6. The number of rotatable bonds is 6. The highest BCUT2D eigenvalue weighted by Gasteiger charge is 2.53. The monoisotopic (exact) mass is 637 g/mol. The maximum Gasteiger partial charge on any atom is 0.289 e. The summed E-state index contributed by atoms with van der Waals surface area (Å²) in [5, 5.41) is -2.06. The van der Waals surface area contributed by atoms with Crippen LogP contribution in [0, 0.1) is 11.8 Å². The van der Waals surface area contributed by atoms with Gasteiger partial charge in [0.25, 0.3) is 5.91 Å². The minimum Gasteiger partial charge on any atom is -0.443 e. The van der Waals surface area contributed by atoms with Crippen LogP contribution in [0.15, 0.2) is 65.1 Å². The lowest BCUT2D eigenvalue weighted by atomic mass is 9.74. The number of amides is 1. The van der Waals surface area contributed by atoms with Crippen LogP contribution in [-0.2, 0) is 31.8 Å². The van der Waals surface area contributed by atoms with E-state index in [2.05, 4.69) is 22.7 Å². The van der Waals surface area contributed by atoms with Crippen LogP contribution in [-0.4, -0.2) is 70.7 Å². The molecule has 2 saturated heterocycles. The molecule has 0 aliphatic carbocycles. The van der Waals surface area contributed by atoms with Crippen molar-refractivity contribution < 1.29 is 26.0 Å². The number of hydrazine groups is 1. The topological polar surface area (TPSA) is 155 Å². The van der Waals surface area contributed by atoms with Gasteiger partial charge in [0.2, 0.25) is 10.0 Å². The average molecular weight is 638 g/mol. The van der Waals surface area contributed by atoms with Gasteiger partial charge in [-0.15, -0.1) is 0 Å². The molecule has 2 aromatic carbocycles. The standard InChI is InChI=1S/C31H35N5O6S2/c1-33-34-29-18-25(20-43(29,38)39)44(40,41)36-21-31(26-17-23(19-32)8-11-27(26)36)13-15-35(16-14-31)30(37)28-12-10-24(42-28)9-7-22-5-3-2-4-6-22/h2-6,8,10-12,17,25,29,33-34H,13-16,18-21,32H2,1H3. The molecule has 2 unspecified atom stereocenters. The number of likely N-dealkylation sites (tertiary alicyclic amines) is 1. The summed E-state index contributed by atoms with van der Waals surface area (Å²) in [4.78, 5) is 15.1. The molecule has 1 aromatic heterocycles. The molecule has 11 nitrogen and oxygen atoms in total. The lowest BCUT2D eigenvalue weighted by molar-refractivity contribution is 0.0642. The Morgan fingerprint density at radius 1 is 1.09 bits per heavy atom. The third-order valence-corrected chi connectivity index (χ3v) is 13.3. The lowest BCUT2D eigenvalue weighted by Gasteiger charge is -2.39. The predicted octanol–water partition coefficient (Wildman–Crippen LogP) is 1.70. The van der Waals surface area contributed by atoms with Crippen LogP contribution < -0.4 is 20.9 Å². The summed E-state index contributed by atoms with van der Waals surface area (Å²) in [6, 6.07) is 18.3. The van der Waals surface area contributed by atoms with Gasteiger partial charge in [0.15, 0.2) is 21.4 Å².